The molecule has 3 heterocycles. The minimum atomic E-state index is -0.769. The van der Waals surface area contributed by atoms with Crippen molar-refractivity contribution >= 4 is 62.0 Å². The van der Waals surface area contributed by atoms with Gasteiger partial charge in [-0.3, -0.25) is 0 Å². The summed E-state index contributed by atoms with van der Waals surface area (Å²) in [7, 11) is 0. The maximum Gasteiger partial charge on any atom is 0.247 e. The highest BCUT2D eigenvalue weighted by Crippen LogP contribution is 2.54. The summed E-state index contributed by atoms with van der Waals surface area (Å²) >= 11 is 0. The summed E-state index contributed by atoms with van der Waals surface area (Å²) in [5.74, 6) is 0. The Morgan fingerprint density at radius 2 is 0.829 bits per heavy atom. The molecule has 0 spiro atoms. The first-order valence-electron chi connectivity index (χ1n) is 29.4. The predicted octanol–water partition coefficient (Wildman–Crippen LogP) is 18.7. The summed E-state index contributed by atoms with van der Waals surface area (Å²) in [6.07, 6.45) is 0. The molecule has 0 radical (unpaired) electrons. The summed E-state index contributed by atoms with van der Waals surface area (Å²) in [6, 6.07) is 97.3. The highest BCUT2D eigenvalue weighted by atomic mass is 15.2. The van der Waals surface area contributed by atoms with Crippen molar-refractivity contribution in [3.63, 3.8) is 0 Å². The van der Waals surface area contributed by atoms with E-state index >= 15 is 0 Å². The van der Waals surface area contributed by atoms with Crippen molar-refractivity contribution in [2.24, 2.45) is 0 Å². The largest absolute Gasteiger partial charge is 0.310 e. The lowest BCUT2D eigenvalue weighted by molar-refractivity contribution is 0.587. The van der Waals surface area contributed by atoms with Gasteiger partial charge >= 0.3 is 0 Å². The molecule has 2 aliphatic rings. The highest BCUT2D eigenvalue weighted by molar-refractivity contribution is 6.99. The Labute approximate surface area is 485 Å². The molecule has 1 aromatic heterocycles. The van der Waals surface area contributed by atoms with Crippen LogP contribution in [0.2, 0.25) is 0 Å². The zero-order valence-corrected chi connectivity index (χ0v) is 48.7. The van der Waals surface area contributed by atoms with Gasteiger partial charge in [0.05, 0.1) is 22.1 Å². The average Bonchev–Trinajstić information content (AvgIpc) is 0.988. The zero-order chi connectivity index (χ0) is 56.3. The highest BCUT2D eigenvalue weighted by Gasteiger charge is 2.52. The fourth-order valence-corrected chi connectivity index (χ4v) is 13.8. The summed E-state index contributed by atoms with van der Waals surface area (Å²) < 4.78 is 2.56. The van der Waals surface area contributed by atoms with E-state index in [2.05, 4.69) is 327 Å². The van der Waals surface area contributed by atoms with Gasteiger partial charge in [-0.25, -0.2) is 0 Å². The van der Waals surface area contributed by atoms with Gasteiger partial charge in [0.25, 0.3) is 0 Å². The molecule has 0 aliphatic carbocycles. The summed E-state index contributed by atoms with van der Waals surface area (Å²) in [5, 5.41) is 2.57. The van der Waals surface area contributed by atoms with Crippen molar-refractivity contribution < 1.29 is 0 Å². The Kier molecular flexibility index (Phi) is 11.9. The van der Waals surface area contributed by atoms with E-state index in [0.717, 1.165) is 5.69 Å². The number of benzene rings is 11. The molecule has 11 aromatic carbocycles. The van der Waals surface area contributed by atoms with Crippen LogP contribution in [0, 0.1) is 0 Å². The normalized spacial score (nSPS) is 13.7. The fourth-order valence-electron chi connectivity index (χ4n) is 13.8. The number of anilines is 3. The van der Waals surface area contributed by atoms with Gasteiger partial charge in [-0.15, -0.1) is 0 Å². The first-order chi connectivity index (χ1) is 39.6. The molecule has 0 amide bonds. The van der Waals surface area contributed by atoms with E-state index in [0.29, 0.717) is 0 Å². The van der Waals surface area contributed by atoms with E-state index in [-0.39, 0.29) is 23.0 Å². The Bertz CT molecular complexity index is 4250. The molecule has 3 heteroatoms. The molecule has 82 heavy (non-hydrogen) atoms. The van der Waals surface area contributed by atoms with Crippen LogP contribution in [0.5, 0.6) is 0 Å². The molecule has 0 N–H and O–H groups in total. The van der Waals surface area contributed by atoms with Gasteiger partial charge in [-0.05, 0) is 137 Å². The smallest absolute Gasteiger partial charge is 0.247 e. The molecule has 0 bridgehead atoms. The average molecular weight is 1060 g/mol. The lowest BCUT2D eigenvalue weighted by atomic mass is 9.29. The monoisotopic (exact) mass is 1060 g/mol. The predicted molar refractivity (Wildman–Crippen MR) is 351 cm³/mol. The van der Waals surface area contributed by atoms with Crippen LogP contribution in [-0.2, 0) is 21.7 Å². The number of para-hydroxylation sites is 1. The minimum Gasteiger partial charge on any atom is -0.310 e. The molecule has 0 fully saturated rings. The maximum atomic E-state index is 2.68. The van der Waals surface area contributed by atoms with E-state index in [1.54, 1.807) is 0 Å². The number of hydrogen-bond donors (Lipinski definition) is 0. The summed E-state index contributed by atoms with van der Waals surface area (Å²) in [6.45, 7) is 21.0. The van der Waals surface area contributed by atoms with Crippen molar-refractivity contribution in [3.05, 3.63) is 294 Å². The van der Waals surface area contributed by atoms with E-state index < -0.39 is 5.41 Å². The quantitative estimate of drug-likeness (QED) is 0.144. The van der Waals surface area contributed by atoms with Crippen LogP contribution in [-0.4, -0.2) is 11.3 Å². The molecule has 14 rings (SSSR count). The van der Waals surface area contributed by atoms with Crippen molar-refractivity contribution in [2.45, 2.75) is 84.0 Å². The molecule has 0 atom stereocenters. The molecule has 2 aliphatic heterocycles. The zero-order valence-electron chi connectivity index (χ0n) is 48.7. The minimum absolute atomic E-state index is 0.0157. The standard InChI is InChI=1S/C79H69BN2/c1-76(2,3)58-39-44-70-64(47-58)65-48-59(77(4,5)6)40-45-71(65)81(70)61-41-42-68-66(51-61)79(56-32-21-13-22-33-56,57-34-23-14-24-35-57)67-49-60(78(7,8)9)50-73-74(67)80(68)69-46-55(52-26-15-10-16-27-52)38-43-72(69)82(73)75-62(53-28-17-11-18-29-53)36-25-37-63(75)54-30-19-12-20-31-54/h10-51H,1-9H3. The van der Waals surface area contributed by atoms with E-state index in [1.165, 1.54) is 128 Å². The van der Waals surface area contributed by atoms with Crippen molar-refractivity contribution in [1.82, 2.24) is 4.57 Å². The second kappa shape index (κ2) is 19.1. The second-order valence-corrected chi connectivity index (χ2v) is 26.1. The lowest BCUT2D eigenvalue weighted by Gasteiger charge is -2.49. The number of fused-ring (bicyclic) bond motifs is 7. The van der Waals surface area contributed by atoms with Crippen LogP contribution in [0.4, 0.5) is 17.1 Å². The van der Waals surface area contributed by atoms with Crippen LogP contribution in [0.15, 0.2) is 255 Å². The Balaban J connectivity index is 1.16. The van der Waals surface area contributed by atoms with Crippen molar-refractivity contribution in [2.75, 3.05) is 4.90 Å². The molecule has 12 aromatic rings. The number of hydrogen-bond acceptors (Lipinski definition) is 1. The summed E-state index contributed by atoms with van der Waals surface area (Å²) in [4.78, 5) is 2.68. The Hall–Kier alpha value is -8.92. The van der Waals surface area contributed by atoms with Crippen molar-refractivity contribution in [3.8, 4) is 39.1 Å². The summed E-state index contributed by atoms with van der Waals surface area (Å²) in [5.41, 5.74) is 26.2. The van der Waals surface area contributed by atoms with Crippen LogP contribution in [0.1, 0.15) is 101 Å². The van der Waals surface area contributed by atoms with E-state index in [4.69, 9.17) is 0 Å². The van der Waals surface area contributed by atoms with Gasteiger partial charge in [0.1, 0.15) is 0 Å². The first-order valence-corrected chi connectivity index (χ1v) is 29.4. The third-order valence-corrected chi connectivity index (χ3v) is 18.0. The number of rotatable bonds is 7. The second-order valence-electron chi connectivity index (χ2n) is 26.1. The van der Waals surface area contributed by atoms with Gasteiger partial charge < -0.3 is 9.47 Å². The Morgan fingerprint density at radius 3 is 1.33 bits per heavy atom. The van der Waals surface area contributed by atoms with Gasteiger partial charge in [0, 0.05) is 39.0 Å². The number of aromatic nitrogens is 1. The fraction of sp³-hybridized carbons (Fsp3) is 0.165. The van der Waals surface area contributed by atoms with Gasteiger partial charge in [0.15, 0.2) is 0 Å². The van der Waals surface area contributed by atoms with Gasteiger partial charge in [-0.1, -0.05) is 274 Å². The molecule has 398 valence electrons. The molecule has 0 saturated carbocycles. The topological polar surface area (TPSA) is 8.17 Å². The molecule has 2 nitrogen and oxygen atoms in total. The SMILES string of the molecule is CC(C)(C)c1cc2c3c(c1)C(c1ccccc1)(c1ccccc1)c1cc(-n4c5ccc(C(C)(C)C)cc5c5cc(C(C)(C)C)ccc54)ccc1B3c1cc(-c3ccccc3)ccc1N2c1c(-c2ccccc2)cccc1-c1ccccc1. The van der Waals surface area contributed by atoms with Crippen LogP contribution in [0.25, 0.3) is 60.9 Å². The van der Waals surface area contributed by atoms with E-state index in [1.807, 2.05) is 0 Å². The van der Waals surface area contributed by atoms with Crippen LogP contribution >= 0.6 is 0 Å². The third kappa shape index (κ3) is 8.14. The van der Waals surface area contributed by atoms with Gasteiger partial charge in [0.2, 0.25) is 6.71 Å². The van der Waals surface area contributed by atoms with Crippen LogP contribution in [0.3, 0.4) is 0 Å². The third-order valence-electron chi connectivity index (χ3n) is 18.0. The molecule has 0 saturated heterocycles. The number of nitrogens with zero attached hydrogens (tertiary/aromatic N) is 2. The lowest BCUT2D eigenvalue weighted by Crippen LogP contribution is -2.65. The first kappa shape index (κ1) is 51.2. The molecular formula is C79H69BN2. The van der Waals surface area contributed by atoms with Crippen LogP contribution < -0.4 is 21.3 Å². The maximum absolute atomic E-state index is 2.68. The van der Waals surface area contributed by atoms with Gasteiger partial charge in [-0.2, -0.15) is 0 Å². The molecule has 0 unspecified atom stereocenters. The van der Waals surface area contributed by atoms with Crippen molar-refractivity contribution in [1.29, 1.82) is 0 Å². The van der Waals surface area contributed by atoms with E-state index in [9.17, 15) is 0 Å². The Morgan fingerprint density at radius 1 is 0.341 bits per heavy atom. The molecular weight excluding hydrogens is 988 g/mol.